The van der Waals surface area contributed by atoms with Gasteiger partial charge in [-0.05, 0) is 78.1 Å². The fourth-order valence-corrected chi connectivity index (χ4v) is 4.58. The molecule has 0 N–H and O–H groups in total. The molecular formula is C29H26ClN3O4. The highest BCUT2D eigenvalue weighted by Gasteiger charge is 2.22. The molecule has 188 valence electrons. The van der Waals surface area contributed by atoms with E-state index in [1.165, 1.54) is 0 Å². The zero-order valence-corrected chi connectivity index (χ0v) is 21.4. The van der Waals surface area contributed by atoms with Crippen LogP contribution in [0.15, 0.2) is 72.4 Å². The second kappa shape index (κ2) is 10.9. The second-order valence-electron chi connectivity index (χ2n) is 8.76. The second-order valence-corrected chi connectivity index (χ2v) is 9.19. The molecule has 1 aliphatic rings. The molecule has 0 radical (unpaired) electrons. The van der Waals surface area contributed by atoms with Gasteiger partial charge in [0.05, 0.1) is 27.0 Å². The van der Waals surface area contributed by atoms with Crippen LogP contribution in [0.1, 0.15) is 39.2 Å². The summed E-state index contributed by atoms with van der Waals surface area (Å²) in [5.74, 6) is 1.97. The molecule has 1 heterocycles. The van der Waals surface area contributed by atoms with Crippen molar-refractivity contribution in [2.24, 2.45) is 0 Å². The fraction of sp³-hybridized carbons (Fsp3) is 0.207. The number of hydrogen-bond acceptors (Lipinski definition) is 6. The van der Waals surface area contributed by atoms with Crippen LogP contribution in [-0.4, -0.2) is 35.0 Å². The van der Waals surface area contributed by atoms with E-state index in [-0.39, 0.29) is 12.4 Å². The van der Waals surface area contributed by atoms with Crippen LogP contribution in [0.3, 0.4) is 0 Å². The molecule has 8 heteroatoms. The first-order valence-corrected chi connectivity index (χ1v) is 12.3. The third-order valence-electron chi connectivity index (χ3n) is 6.24. The first kappa shape index (κ1) is 24.6. The van der Waals surface area contributed by atoms with Gasteiger partial charge in [0.2, 0.25) is 0 Å². The van der Waals surface area contributed by atoms with E-state index in [2.05, 4.69) is 10.3 Å². The van der Waals surface area contributed by atoms with E-state index < -0.39 is 0 Å². The predicted octanol–water partition coefficient (Wildman–Crippen LogP) is 5.79. The normalized spacial score (nSPS) is 13.9. The van der Waals surface area contributed by atoms with Gasteiger partial charge in [-0.15, -0.1) is 5.10 Å². The number of halogens is 1. The minimum Gasteiger partial charge on any atom is -0.497 e. The molecule has 0 saturated carbocycles. The van der Waals surface area contributed by atoms with Gasteiger partial charge in [-0.1, -0.05) is 35.0 Å². The molecule has 0 spiro atoms. The average molecular weight is 516 g/mol. The highest BCUT2D eigenvalue weighted by atomic mass is 35.5. The maximum atomic E-state index is 13.0. The topological polar surface area (TPSA) is 75.5 Å². The minimum absolute atomic E-state index is 0.0454. The Labute approximate surface area is 220 Å². The van der Waals surface area contributed by atoms with E-state index in [1.807, 2.05) is 72.9 Å². The Balaban J connectivity index is 1.26. The molecule has 0 saturated heterocycles. The highest BCUT2D eigenvalue weighted by molar-refractivity contribution is 6.30. The number of carbonyl (C=O) groups is 1. The summed E-state index contributed by atoms with van der Waals surface area (Å²) in [6, 6.07) is 18.9. The van der Waals surface area contributed by atoms with E-state index in [4.69, 9.17) is 25.8 Å². The van der Waals surface area contributed by atoms with Crippen molar-refractivity contribution in [2.45, 2.75) is 26.0 Å². The molecule has 5 rings (SSSR count). The summed E-state index contributed by atoms with van der Waals surface area (Å²) in [5.41, 5.74) is 5.12. The Morgan fingerprint density at radius 2 is 1.89 bits per heavy atom. The maximum absolute atomic E-state index is 13.0. The highest BCUT2D eigenvalue weighted by Crippen LogP contribution is 2.32. The Kier molecular flexibility index (Phi) is 7.23. The number of Topliss-reactive ketones (excluding diaryl/α,β-unsaturated/α-hetero) is 1. The lowest BCUT2D eigenvalue weighted by atomic mass is 9.86. The summed E-state index contributed by atoms with van der Waals surface area (Å²) in [5, 5.41) is 9.06. The van der Waals surface area contributed by atoms with Crippen LogP contribution in [-0.2, 0) is 19.6 Å². The number of benzene rings is 3. The molecule has 3 aromatic carbocycles. The van der Waals surface area contributed by atoms with Crippen LogP contribution in [0.4, 0.5) is 0 Å². The standard InChI is InChI=1S/C29H26ClN3O4/c1-35-25-9-10-26-21(15-25)7-8-22(29(26)34)12-19-6-11-27(28(14-19)36-2)37-18-24-17-33(32-31-24)16-20-4-3-5-23(30)13-20/h3-6,9-15,17H,7-8,16,18H2,1-2H3/b22-12+. The number of aromatic nitrogens is 3. The molecule has 37 heavy (non-hydrogen) atoms. The van der Waals surface area contributed by atoms with Crippen LogP contribution in [0.25, 0.3) is 6.08 Å². The van der Waals surface area contributed by atoms with Crippen molar-refractivity contribution >= 4 is 23.5 Å². The van der Waals surface area contributed by atoms with E-state index in [0.29, 0.717) is 35.2 Å². The van der Waals surface area contributed by atoms with Crippen molar-refractivity contribution in [3.05, 3.63) is 105 Å². The first-order valence-electron chi connectivity index (χ1n) is 11.9. The minimum atomic E-state index is 0.0454. The van der Waals surface area contributed by atoms with Gasteiger partial charge in [0.15, 0.2) is 17.3 Å². The molecular weight excluding hydrogens is 490 g/mol. The molecule has 0 unspecified atom stereocenters. The summed E-state index contributed by atoms with van der Waals surface area (Å²) < 4.78 is 18.6. The number of carbonyl (C=O) groups excluding carboxylic acids is 1. The lowest BCUT2D eigenvalue weighted by Gasteiger charge is -2.18. The number of fused-ring (bicyclic) bond motifs is 1. The Hall–Kier alpha value is -4.10. The zero-order valence-electron chi connectivity index (χ0n) is 20.6. The Bertz CT molecular complexity index is 1480. The van der Waals surface area contributed by atoms with Crippen LogP contribution >= 0.6 is 11.6 Å². The lowest BCUT2D eigenvalue weighted by Crippen LogP contribution is -2.14. The number of hydrogen-bond donors (Lipinski definition) is 0. The summed E-state index contributed by atoms with van der Waals surface area (Å²) in [7, 11) is 3.22. The van der Waals surface area contributed by atoms with Gasteiger partial charge in [-0.2, -0.15) is 0 Å². The van der Waals surface area contributed by atoms with E-state index in [0.717, 1.165) is 40.0 Å². The van der Waals surface area contributed by atoms with Gasteiger partial charge in [-0.3, -0.25) is 4.79 Å². The van der Waals surface area contributed by atoms with Crippen molar-refractivity contribution in [3.8, 4) is 17.2 Å². The summed E-state index contributed by atoms with van der Waals surface area (Å²) in [6.07, 6.45) is 5.22. The molecule has 0 atom stereocenters. The smallest absolute Gasteiger partial charge is 0.189 e. The largest absolute Gasteiger partial charge is 0.497 e. The number of aryl methyl sites for hydroxylation is 1. The van der Waals surface area contributed by atoms with Gasteiger partial charge in [-0.25, -0.2) is 4.68 Å². The van der Waals surface area contributed by atoms with Crippen molar-refractivity contribution in [2.75, 3.05) is 14.2 Å². The number of nitrogens with zero attached hydrogens (tertiary/aromatic N) is 3. The molecule has 0 bridgehead atoms. The van der Waals surface area contributed by atoms with Crippen LogP contribution < -0.4 is 14.2 Å². The SMILES string of the molecule is COc1ccc2c(c1)CC/C(=C\c1ccc(OCc3cn(Cc4cccc(Cl)c4)nn3)c(OC)c1)C2=O. The molecule has 4 aromatic rings. The van der Waals surface area contributed by atoms with Crippen molar-refractivity contribution in [1.29, 1.82) is 0 Å². The first-order chi connectivity index (χ1) is 18.0. The number of ether oxygens (including phenoxy) is 3. The van der Waals surface area contributed by atoms with Gasteiger partial charge in [0, 0.05) is 16.2 Å². The van der Waals surface area contributed by atoms with Crippen molar-refractivity contribution in [3.63, 3.8) is 0 Å². The maximum Gasteiger partial charge on any atom is 0.189 e. The average Bonchev–Trinajstić information content (AvgIpc) is 3.36. The van der Waals surface area contributed by atoms with E-state index >= 15 is 0 Å². The molecule has 1 aromatic heterocycles. The number of rotatable bonds is 8. The Morgan fingerprint density at radius 3 is 2.70 bits per heavy atom. The lowest BCUT2D eigenvalue weighted by molar-refractivity contribution is 0.102. The van der Waals surface area contributed by atoms with Crippen molar-refractivity contribution in [1.82, 2.24) is 15.0 Å². The van der Waals surface area contributed by atoms with Gasteiger partial charge >= 0.3 is 0 Å². The molecule has 0 amide bonds. The Morgan fingerprint density at radius 1 is 1.00 bits per heavy atom. The number of methoxy groups -OCH3 is 2. The van der Waals surface area contributed by atoms with Crippen LogP contribution in [0.5, 0.6) is 17.2 Å². The third-order valence-corrected chi connectivity index (χ3v) is 6.47. The van der Waals surface area contributed by atoms with E-state index in [1.54, 1.807) is 18.9 Å². The van der Waals surface area contributed by atoms with Gasteiger partial charge in [0.1, 0.15) is 18.1 Å². The van der Waals surface area contributed by atoms with Gasteiger partial charge < -0.3 is 14.2 Å². The third kappa shape index (κ3) is 5.67. The summed E-state index contributed by atoms with van der Waals surface area (Å²) in [6.45, 7) is 0.808. The van der Waals surface area contributed by atoms with Crippen LogP contribution in [0, 0.1) is 0 Å². The van der Waals surface area contributed by atoms with Crippen LogP contribution in [0.2, 0.25) is 5.02 Å². The van der Waals surface area contributed by atoms with Crippen molar-refractivity contribution < 1.29 is 19.0 Å². The molecule has 1 aliphatic carbocycles. The fourth-order valence-electron chi connectivity index (χ4n) is 4.37. The predicted molar refractivity (Wildman–Crippen MR) is 142 cm³/mol. The number of allylic oxidation sites excluding steroid dienone is 1. The molecule has 7 nitrogen and oxygen atoms in total. The van der Waals surface area contributed by atoms with E-state index in [9.17, 15) is 4.79 Å². The summed E-state index contributed by atoms with van der Waals surface area (Å²) >= 11 is 6.06. The zero-order chi connectivity index (χ0) is 25.8. The van der Waals surface area contributed by atoms with Gasteiger partial charge in [0.25, 0.3) is 0 Å². The molecule has 0 aliphatic heterocycles. The monoisotopic (exact) mass is 515 g/mol. The molecule has 0 fully saturated rings. The summed E-state index contributed by atoms with van der Waals surface area (Å²) in [4.78, 5) is 13.0. The number of ketones is 1. The quantitative estimate of drug-likeness (QED) is 0.276.